The highest BCUT2D eigenvalue weighted by Gasteiger charge is 2.25. The molecule has 1 unspecified atom stereocenters. The Bertz CT molecular complexity index is 611. The van der Waals surface area contributed by atoms with Gasteiger partial charge in [0.1, 0.15) is 5.75 Å². The topological polar surface area (TPSA) is 38.3 Å². The maximum absolute atomic E-state index is 12.2. The van der Waals surface area contributed by atoms with Gasteiger partial charge in [-0.3, -0.25) is 4.79 Å². The van der Waals surface area contributed by atoms with Crippen LogP contribution >= 0.6 is 27.3 Å². The highest BCUT2D eigenvalue weighted by molar-refractivity contribution is 9.10. The number of hydrogen-bond donors (Lipinski definition) is 1. The third-order valence-electron chi connectivity index (χ3n) is 2.96. The fraction of sp³-hybridized carbons (Fsp3) is 0.214. The zero-order valence-electron chi connectivity index (χ0n) is 10.1. The molecule has 1 atom stereocenters. The number of anilines is 1. The molecule has 3 nitrogen and oxygen atoms in total. The standard InChI is InChI=1S/C14H12BrNO2S/c15-9-5-10(19-8-9)6-12(17)14-7-16-11-3-1-2-4-13(11)18-14/h1-5,8,14,16H,6-7H2. The SMILES string of the molecule is O=C(Cc1cc(Br)cs1)C1CNc2ccccc2O1. The second-order valence-electron chi connectivity index (χ2n) is 4.36. The first kappa shape index (κ1) is 12.7. The normalized spacial score (nSPS) is 17.2. The number of ether oxygens (including phenoxy) is 1. The Labute approximate surface area is 123 Å². The van der Waals surface area contributed by atoms with Crippen molar-refractivity contribution in [3.8, 4) is 5.75 Å². The zero-order valence-corrected chi connectivity index (χ0v) is 12.5. The molecule has 1 aromatic carbocycles. The van der Waals surface area contributed by atoms with Crippen molar-refractivity contribution in [3.63, 3.8) is 0 Å². The number of thiophene rings is 1. The van der Waals surface area contributed by atoms with Gasteiger partial charge in [-0.1, -0.05) is 12.1 Å². The molecule has 2 heterocycles. The summed E-state index contributed by atoms with van der Waals surface area (Å²) in [6, 6.07) is 9.66. The number of fused-ring (bicyclic) bond motifs is 1. The van der Waals surface area contributed by atoms with Crippen LogP contribution in [0.2, 0.25) is 0 Å². The zero-order chi connectivity index (χ0) is 13.2. The minimum absolute atomic E-state index is 0.108. The number of carbonyl (C=O) groups is 1. The molecule has 0 aliphatic carbocycles. The molecule has 3 rings (SSSR count). The minimum Gasteiger partial charge on any atom is -0.479 e. The van der Waals surface area contributed by atoms with Crippen molar-refractivity contribution in [2.24, 2.45) is 0 Å². The summed E-state index contributed by atoms with van der Waals surface area (Å²) in [5.74, 6) is 0.857. The van der Waals surface area contributed by atoms with Crippen LogP contribution in [0.1, 0.15) is 4.88 Å². The van der Waals surface area contributed by atoms with Gasteiger partial charge in [0.2, 0.25) is 0 Å². The molecule has 1 aliphatic rings. The van der Waals surface area contributed by atoms with E-state index in [9.17, 15) is 4.79 Å². The summed E-state index contributed by atoms with van der Waals surface area (Å²) >= 11 is 4.98. The molecular weight excluding hydrogens is 326 g/mol. The smallest absolute Gasteiger partial charge is 0.180 e. The monoisotopic (exact) mass is 337 g/mol. The van der Waals surface area contributed by atoms with Gasteiger partial charge < -0.3 is 10.1 Å². The van der Waals surface area contributed by atoms with Crippen molar-refractivity contribution < 1.29 is 9.53 Å². The Morgan fingerprint density at radius 1 is 1.47 bits per heavy atom. The Hall–Kier alpha value is -1.33. The molecule has 19 heavy (non-hydrogen) atoms. The van der Waals surface area contributed by atoms with Gasteiger partial charge in [-0.25, -0.2) is 0 Å². The molecule has 0 saturated carbocycles. The number of halogens is 1. The summed E-state index contributed by atoms with van der Waals surface area (Å²) in [6.45, 7) is 0.530. The van der Waals surface area contributed by atoms with E-state index in [0.717, 1.165) is 20.8 Å². The van der Waals surface area contributed by atoms with E-state index in [1.54, 1.807) is 11.3 Å². The van der Waals surface area contributed by atoms with Gasteiger partial charge in [-0.15, -0.1) is 11.3 Å². The number of ketones is 1. The lowest BCUT2D eigenvalue weighted by molar-refractivity contribution is -0.124. The maximum atomic E-state index is 12.2. The van der Waals surface area contributed by atoms with Crippen LogP contribution in [0.15, 0.2) is 40.2 Å². The molecule has 0 fully saturated rings. The van der Waals surface area contributed by atoms with Crippen molar-refractivity contribution >= 4 is 38.7 Å². The number of hydrogen-bond acceptors (Lipinski definition) is 4. The molecule has 5 heteroatoms. The third kappa shape index (κ3) is 2.82. The first-order valence-electron chi connectivity index (χ1n) is 5.97. The first-order chi connectivity index (χ1) is 9.22. The Kier molecular flexibility index (Phi) is 3.57. The van der Waals surface area contributed by atoms with Gasteiger partial charge in [0, 0.05) is 21.2 Å². The number of benzene rings is 1. The molecule has 2 aromatic rings. The highest BCUT2D eigenvalue weighted by atomic mass is 79.9. The van der Waals surface area contributed by atoms with Crippen molar-refractivity contribution in [1.82, 2.24) is 0 Å². The quantitative estimate of drug-likeness (QED) is 0.931. The van der Waals surface area contributed by atoms with Gasteiger partial charge >= 0.3 is 0 Å². The average Bonchev–Trinajstić information content (AvgIpc) is 2.83. The number of carbonyl (C=O) groups excluding carboxylic acids is 1. The molecule has 0 amide bonds. The summed E-state index contributed by atoms with van der Waals surface area (Å²) in [6.07, 6.45) is 0.0147. The molecule has 0 bridgehead atoms. The van der Waals surface area contributed by atoms with Crippen molar-refractivity contribution in [2.45, 2.75) is 12.5 Å². The minimum atomic E-state index is -0.407. The second-order valence-corrected chi connectivity index (χ2v) is 6.27. The summed E-state index contributed by atoms with van der Waals surface area (Å²) in [5.41, 5.74) is 0.949. The van der Waals surface area contributed by atoms with Gasteiger partial charge in [-0.2, -0.15) is 0 Å². The van der Waals surface area contributed by atoms with Crippen LogP contribution in [-0.2, 0) is 11.2 Å². The molecule has 0 radical (unpaired) electrons. The Morgan fingerprint density at radius 3 is 3.11 bits per heavy atom. The molecule has 0 spiro atoms. The largest absolute Gasteiger partial charge is 0.479 e. The van der Waals surface area contributed by atoms with E-state index in [2.05, 4.69) is 21.2 Å². The van der Waals surface area contributed by atoms with E-state index < -0.39 is 6.10 Å². The van der Waals surface area contributed by atoms with E-state index in [0.29, 0.717) is 13.0 Å². The summed E-state index contributed by atoms with van der Waals surface area (Å²) < 4.78 is 6.78. The number of para-hydroxylation sites is 2. The first-order valence-corrected chi connectivity index (χ1v) is 7.65. The molecule has 98 valence electrons. The fourth-order valence-corrected chi connectivity index (χ4v) is 3.49. The predicted octanol–water partition coefficient (Wildman–Crippen LogP) is 3.50. The fourth-order valence-electron chi connectivity index (χ4n) is 2.02. The lowest BCUT2D eigenvalue weighted by atomic mass is 10.1. The van der Waals surface area contributed by atoms with Crippen LogP contribution in [0.3, 0.4) is 0 Å². The predicted molar refractivity (Wildman–Crippen MR) is 80.1 cm³/mol. The van der Waals surface area contributed by atoms with Gasteiger partial charge in [0.05, 0.1) is 12.2 Å². The van der Waals surface area contributed by atoms with Crippen LogP contribution in [0.25, 0.3) is 0 Å². The van der Waals surface area contributed by atoms with E-state index in [1.807, 2.05) is 35.7 Å². The molecule has 1 aliphatic heterocycles. The number of nitrogens with one attached hydrogen (secondary N) is 1. The van der Waals surface area contributed by atoms with Crippen molar-refractivity contribution in [2.75, 3.05) is 11.9 Å². The van der Waals surface area contributed by atoms with Crippen molar-refractivity contribution in [3.05, 3.63) is 45.1 Å². The summed E-state index contributed by atoms with van der Waals surface area (Å²) in [4.78, 5) is 13.3. The van der Waals surface area contributed by atoms with Crippen LogP contribution in [0, 0.1) is 0 Å². The van der Waals surface area contributed by atoms with Gasteiger partial charge in [0.25, 0.3) is 0 Å². The highest BCUT2D eigenvalue weighted by Crippen LogP contribution is 2.29. The number of rotatable bonds is 3. The van der Waals surface area contributed by atoms with Crippen LogP contribution in [-0.4, -0.2) is 18.4 Å². The van der Waals surface area contributed by atoms with E-state index in [-0.39, 0.29) is 5.78 Å². The van der Waals surface area contributed by atoms with Gasteiger partial charge in [-0.05, 0) is 34.1 Å². The van der Waals surface area contributed by atoms with E-state index in [4.69, 9.17) is 4.74 Å². The van der Waals surface area contributed by atoms with Crippen LogP contribution in [0.5, 0.6) is 5.75 Å². The lowest BCUT2D eigenvalue weighted by Gasteiger charge is -2.26. The molecular formula is C14H12BrNO2S. The van der Waals surface area contributed by atoms with Crippen LogP contribution < -0.4 is 10.1 Å². The van der Waals surface area contributed by atoms with Crippen LogP contribution in [0.4, 0.5) is 5.69 Å². The summed E-state index contributed by atoms with van der Waals surface area (Å²) in [5, 5.41) is 5.22. The molecule has 1 aromatic heterocycles. The number of Topliss-reactive ketones (excluding diaryl/α,β-unsaturated/α-hetero) is 1. The summed E-state index contributed by atoms with van der Waals surface area (Å²) in [7, 11) is 0. The Morgan fingerprint density at radius 2 is 2.32 bits per heavy atom. The van der Waals surface area contributed by atoms with Gasteiger partial charge in [0.15, 0.2) is 11.9 Å². The molecule has 1 N–H and O–H groups in total. The maximum Gasteiger partial charge on any atom is 0.180 e. The van der Waals surface area contributed by atoms with E-state index >= 15 is 0 Å². The lowest BCUT2D eigenvalue weighted by Crippen LogP contribution is -2.38. The molecule has 0 saturated heterocycles. The second kappa shape index (κ2) is 5.35. The van der Waals surface area contributed by atoms with E-state index in [1.165, 1.54) is 0 Å². The van der Waals surface area contributed by atoms with Crippen molar-refractivity contribution in [1.29, 1.82) is 0 Å². The Balaban J connectivity index is 1.69. The third-order valence-corrected chi connectivity index (χ3v) is 4.66. The average molecular weight is 338 g/mol.